The standard InChI is InChI=1S/C18H22N2O4/c1-19-11-12-6-5-7-13(10-12)20-18(21)14-8-9-15(22-2)17(24-4)16(14)23-3/h5-10,19H,11H2,1-4H3,(H,20,21). The van der Waals surface area contributed by atoms with Crippen LogP contribution >= 0.6 is 0 Å². The van der Waals surface area contributed by atoms with Crippen molar-refractivity contribution in [3.8, 4) is 17.2 Å². The largest absolute Gasteiger partial charge is 0.493 e. The van der Waals surface area contributed by atoms with E-state index < -0.39 is 0 Å². The molecular weight excluding hydrogens is 308 g/mol. The number of methoxy groups -OCH3 is 3. The molecule has 0 radical (unpaired) electrons. The van der Waals surface area contributed by atoms with Gasteiger partial charge in [-0.25, -0.2) is 0 Å². The SMILES string of the molecule is CNCc1cccc(NC(=O)c2ccc(OC)c(OC)c2OC)c1. The number of ether oxygens (including phenoxy) is 3. The zero-order valence-corrected chi connectivity index (χ0v) is 14.3. The topological polar surface area (TPSA) is 68.8 Å². The van der Waals surface area contributed by atoms with Crippen LogP contribution in [-0.2, 0) is 6.54 Å². The van der Waals surface area contributed by atoms with Gasteiger partial charge in [0.25, 0.3) is 5.91 Å². The molecule has 0 fully saturated rings. The molecule has 24 heavy (non-hydrogen) atoms. The van der Waals surface area contributed by atoms with E-state index in [-0.39, 0.29) is 5.91 Å². The number of hydrogen-bond donors (Lipinski definition) is 2. The number of amides is 1. The predicted molar refractivity (Wildman–Crippen MR) is 93.3 cm³/mol. The van der Waals surface area contributed by atoms with E-state index in [2.05, 4.69) is 10.6 Å². The van der Waals surface area contributed by atoms with Crippen molar-refractivity contribution in [2.45, 2.75) is 6.54 Å². The molecule has 0 aliphatic rings. The smallest absolute Gasteiger partial charge is 0.259 e. The van der Waals surface area contributed by atoms with E-state index in [1.54, 1.807) is 12.1 Å². The molecule has 0 bridgehead atoms. The summed E-state index contributed by atoms with van der Waals surface area (Å²) in [6.07, 6.45) is 0. The summed E-state index contributed by atoms with van der Waals surface area (Å²) in [6, 6.07) is 11.0. The van der Waals surface area contributed by atoms with Crippen molar-refractivity contribution in [1.82, 2.24) is 5.32 Å². The lowest BCUT2D eigenvalue weighted by Crippen LogP contribution is -2.14. The van der Waals surface area contributed by atoms with Crippen LogP contribution in [0.25, 0.3) is 0 Å². The highest BCUT2D eigenvalue weighted by atomic mass is 16.5. The van der Waals surface area contributed by atoms with Gasteiger partial charge in [-0.3, -0.25) is 4.79 Å². The molecule has 2 rings (SSSR count). The van der Waals surface area contributed by atoms with Crippen molar-refractivity contribution in [1.29, 1.82) is 0 Å². The average molecular weight is 330 g/mol. The van der Waals surface area contributed by atoms with Crippen LogP contribution in [0.1, 0.15) is 15.9 Å². The Labute approximate surface area is 141 Å². The summed E-state index contributed by atoms with van der Waals surface area (Å²) < 4.78 is 15.9. The molecule has 2 aromatic rings. The van der Waals surface area contributed by atoms with Gasteiger partial charge in [0.1, 0.15) is 0 Å². The molecule has 0 unspecified atom stereocenters. The molecule has 128 valence electrons. The Morgan fingerprint density at radius 2 is 1.75 bits per heavy atom. The maximum atomic E-state index is 12.6. The number of anilines is 1. The fourth-order valence-corrected chi connectivity index (χ4v) is 2.44. The quantitative estimate of drug-likeness (QED) is 0.817. The van der Waals surface area contributed by atoms with Crippen molar-refractivity contribution in [3.63, 3.8) is 0 Å². The molecule has 0 saturated carbocycles. The van der Waals surface area contributed by atoms with Crippen molar-refractivity contribution in [2.24, 2.45) is 0 Å². The summed E-state index contributed by atoms with van der Waals surface area (Å²) in [5, 5.41) is 5.96. The predicted octanol–water partition coefficient (Wildman–Crippen LogP) is 2.68. The van der Waals surface area contributed by atoms with Gasteiger partial charge in [0, 0.05) is 12.2 Å². The average Bonchev–Trinajstić information content (AvgIpc) is 2.60. The highest BCUT2D eigenvalue weighted by molar-refractivity contribution is 6.07. The number of rotatable bonds is 7. The zero-order valence-electron chi connectivity index (χ0n) is 14.3. The molecule has 0 spiro atoms. The summed E-state index contributed by atoms with van der Waals surface area (Å²) in [4.78, 5) is 12.6. The van der Waals surface area contributed by atoms with E-state index >= 15 is 0 Å². The monoisotopic (exact) mass is 330 g/mol. The van der Waals surface area contributed by atoms with Crippen LogP contribution in [0.5, 0.6) is 17.2 Å². The number of carbonyl (C=O) groups excluding carboxylic acids is 1. The van der Waals surface area contributed by atoms with Crippen molar-refractivity contribution in [3.05, 3.63) is 47.5 Å². The Hall–Kier alpha value is -2.73. The number of benzene rings is 2. The summed E-state index contributed by atoms with van der Waals surface area (Å²) in [5.74, 6) is 0.939. The van der Waals surface area contributed by atoms with E-state index in [4.69, 9.17) is 14.2 Å². The third kappa shape index (κ3) is 3.78. The lowest BCUT2D eigenvalue weighted by Gasteiger charge is -2.15. The van der Waals surface area contributed by atoms with Crippen molar-refractivity contribution in [2.75, 3.05) is 33.7 Å². The Kier molecular flexibility index (Phi) is 6.03. The second kappa shape index (κ2) is 8.21. The number of nitrogens with one attached hydrogen (secondary N) is 2. The third-order valence-corrected chi connectivity index (χ3v) is 3.51. The maximum absolute atomic E-state index is 12.6. The molecule has 2 aromatic carbocycles. The third-order valence-electron chi connectivity index (χ3n) is 3.51. The van der Waals surface area contributed by atoms with Crippen LogP contribution in [0.4, 0.5) is 5.69 Å². The molecule has 6 nitrogen and oxygen atoms in total. The molecule has 0 aliphatic heterocycles. The molecule has 0 saturated heterocycles. The summed E-state index contributed by atoms with van der Waals surface area (Å²) >= 11 is 0. The Balaban J connectivity index is 2.31. The van der Waals surface area contributed by atoms with Gasteiger partial charge < -0.3 is 24.8 Å². The molecule has 0 aromatic heterocycles. The molecule has 6 heteroatoms. The minimum atomic E-state index is -0.283. The normalized spacial score (nSPS) is 10.2. The zero-order chi connectivity index (χ0) is 17.5. The van der Waals surface area contributed by atoms with E-state index in [1.165, 1.54) is 21.3 Å². The Morgan fingerprint density at radius 3 is 2.38 bits per heavy atom. The van der Waals surface area contributed by atoms with Crippen LogP contribution in [0.2, 0.25) is 0 Å². The highest BCUT2D eigenvalue weighted by Gasteiger charge is 2.20. The van der Waals surface area contributed by atoms with Crippen LogP contribution < -0.4 is 24.8 Å². The van der Waals surface area contributed by atoms with E-state index in [0.717, 1.165) is 12.1 Å². The van der Waals surface area contributed by atoms with Crippen molar-refractivity contribution >= 4 is 11.6 Å². The Morgan fingerprint density at radius 1 is 1.00 bits per heavy atom. The van der Waals surface area contributed by atoms with Gasteiger partial charge in [0.2, 0.25) is 5.75 Å². The molecule has 0 heterocycles. The Bertz CT molecular complexity index is 716. The van der Waals surface area contributed by atoms with Crippen molar-refractivity contribution < 1.29 is 19.0 Å². The first kappa shape index (κ1) is 17.6. The minimum absolute atomic E-state index is 0.283. The van der Waals surface area contributed by atoms with Crippen LogP contribution in [0, 0.1) is 0 Å². The summed E-state index contributed by atoms with van der Waals surface area (Å²) in [6.45, 7) is 0.726. The lowest BCUT2D eigenvalue weighted by molar-refractivity contribution is 0.102. The van der Waals surface area contributed by atoms with Gasteiger partial charge in [0.15, 0.2) is 11.5 Å². The highest BCUT2D eigenvalue weighted by Crippen LogP contribution is 2.39. The minimum Gasteiger partial charge on any atom is -0.493 e. The van der Waals surface area contributed by atoms with Gasteiger partial charge >= 0.3 is 0 Å². The molecule has 0 atom stereocenters. The first-order chi connectivity index (χ1) is 11.6. The molecule has 0 aliphatic carbocycles. The van der Waals surface area contributed by atoms with Crippen LogP contribution in [-0.4, -0.2) is 34.3 Å². The first-order valence-electron chi connectivity index (χ1n) is 7.48. The van der Waals surface area contributed by atoms with Crippen LogP contribution in [0.15, 0.2) is 36.4 Å². The summed E-state index contributed by atoms with van der Waals surface area (Å²) in [7, 11) is 6.40. The molecule has 1 amide bonds. The van der Waals surface area contributed by atoms with Crippen LogP contribution in [0.3, 0.4) is 0 Å². The molecule has 2 N–H and O–H groups in total. The second-order valence-electron chi connectivity index (χ2n) is 5.07. The second-order valence-corrected chi connectivity index (χ2v) is 5.07. The van der Waals surface area contributed by atoms with Gasteiger partial charge in [-0.15, -0.1) is 0 Å². The fraction of sp³-hybridized carbons (Fsp3) is 0.278. The summed E-state index contributed by atoms with van der Waals surface area (Å²) in [5.41, 5.74) is 2.16. The fourth-order valence-electron chi connectivity index (χ4n) is 2.44. The maximum Gasteiger partial charge on any atom is 0.259 e. The van der Waals surface area contributed by atoms with Gasteiger partial charge in [-0.05, 0) is 36.9 Å². The number of carbonyl (C=O) groups is 1. The van der Waals surface area contributed by atoms with E-state index in [0.29, 0.717) is 28.5 Å². The van der Waals surface area contributed by atoms with Gasteiger partial charge in [-0.2, -0.15) is 0 Å². The van der Waals surface area contributed by atoms with Gasteiger partial charge in [0.05, 0.1) is 26.9 Å². The van der Waals surface area contributed by atoms with E-state index in [9.17, 15) is 4.79 Å². The van der Waals surface area contributed by atoms with E-state index in [1.807, 2.05) is 31.3 Å². The first-order valence-corrected chi connectivity index (χ1v) is 7.48. The molecular formula is C18H22N2O4. The number of hydrogen-bond acceptors (Lipinski definition) is 5. The van der Waals surface area contributed by atoms with Gasteiger partial charge in [-0.1, -0.05) is 12.1 Å². The lowest BCUT2D eigenvalue weighted by atomic mass is 10.1.